The van der Waals surface area contributed by atoms with Crippen LogP contribution in [0.4, 0.5) is 5.69 Å². The first-order valence-corrected chi connectivity index (χ1v) is 16.6. The number of hydrogen-bond donors (Lipinski definition) is 1. The molecular weight excluding hydrogens is 593 g/mol. The van der Waals surface area contributed by atoms with Gasteiger partial charge in [-0.3, -0.25) is 13.9 Å². The number of amides is 2. The monoisotopic (exact) mass is 631 g/mol. The molecule has 0 aliphatic rings. The Balaban J connectivity index is 1.91. The summed E-state index contributed by atoms with van der Waals surface area (Å²) >= 11 is 12.4. The number of halogens is 2. The Kier molecular flexibility index (Phi) is 12.3. The van der Waals surface area contributed by atoms with Crippen LogP contribution < -0.4 is 9.62 Å². The van der Waals surface area contributed by atoms with E-state index >= 15 is 0 Å². The van der Waals surface area contributed by atoms with Crippen molar-refractivity contribution in [3.63, 3.8) is 0 Å². The maximum absolute atomic E-state index is 13.9. The lowest BCUT2D eigenvalue weighted by molar-refractivity contribution is -0.141. The average Bonchev–Trinajstić information content (AvgIpc) is 2.94. The van der Waals surface area contributed by atoms with Gasteiger partial charge in [-0.2, -0.15) is 0 Å². The Morgan fingerprint density at radius 2 is 1.57 bits per heavy atom. The van der Waals surface area contributed by atoms with Gasteiger partial charge in [0.15, 0.2) is 0 Å². The van der Waals surface area contributed by atoms with Crippen molar-refractivity contribution >= 4 is 50.7 Å². The van der Waals surface area contributed by atoms with Crippen LogP contribution in [0.3, 0.4) is 0 Å². The molecule has 10 heteroatoms. The fraction of sp³-hybridized carbons (Fsp3) is 0.375. The van der Waals surface area contributed by atoms with E-state index in [9.17, 15) is 18.0 Å². The van der Waals surface area contributed by atoms with Gasteiger partial charge in [0.25, 0.3) is 0 Å². The summed E-state index contributed by atoms with van der Waals surface area (Å²) in [5.74, 6) is -0.285. The van der Waals surface area contributed by atoms with E-state index in [1.165, 1.54) is 4.31 Å². The number of benzene rings is 3. The second-order valence-electron chi connectivity index (χ2n) is 10.8. The Labute approximate surface area is 259 Å². The molecule has 0 fully saturated rings. The normalized spacial score (nSPS) is 12.2. The Hall–Kier alpha value is -3.07. The first kappa shape index (κ1) is 33.4. The highest BCUT2D eigenvalue weighted by Crippen LogP contribution is 2.26. The summed E-state index contributed by atoms with van der Waals surface area (Å²) in [5.41, 5.74) is 3.04. The maximum atomic E-state index is 13.9. The Morgan fingerprint density at radius 1 is 0.905 bits per heavy atom. The van der Waals surface area contributed by atoms with Crippen molar-refractivity contribution in [2.75, 3.05) is 23.7 Å². The molecule has 3 aromatic rings. The van der Waals surface area contributed by atoms with E-state index in [4.69, 9.17) is 23.2 Å². The summed E-state index contributed by atoms with van der Waals surface area (Å²) in [6.07, 6.45) is 1.79. The predicted octanol–water partition coefficient (Wildman–Crippen LogP) is 6.26. The van der Waals surface area contributed by atoms with Crippen molar-refractivity contribution in [3.05, 3.63) is 99.5 Å². The fourth-order valence-electron chi connectivity index (χ4n) is 4.64. The maximum Gasteiger partial charge on any atom is 0.243 e. The van der Waals surface area contributed by atoms with E-state index in [0.29, 0.717) is 28.7 Å². The zero-order valence-electron chi connectivity index (χ0n) is 24.5. The van der Waals surface area contributed by atoms with Crippen LogP contribution in [0.2, 0.25) is 10.0 Å². The molecule has 226 valence electrons. The van der Waals surface area contributed by atoms with Crippen LogP contribution in [0.15, 0.2) is 72.8 Å². The van der Waals surface area contributed by atoms with Gasteiger partial charge in [-0.15, -0.1) is 0 Å². The van der Waals surface area contributed by atoms with E-state index in [1.54, 1.807) is 35.2 Å². The van der Waals surface area contributed by atoms with Crippen molar-refractivity contribution in [3.8, 4) is 0 Å². The molecule has 1 unspecified atom stereocenters. The number of hydrogen-bond acceptors (Lipinski definition) is 4. The smallest absolute Gasteiger partial charge is 0.243 e. The molecule has 1 N–H and O–H groups in total. The van der Waals surface area contributed by atoms with E-state index in [-0.39, 0.29) is 43.7 Å². The van der Waals surface area contributed by atoms with Crippen molar-refractivity contribution in [2.45, 2.75) is 52.6 Å². The van der Waals surface area contributed by atoms with Crippen LogP contribution in [0, 0.1) is 12.8 Å². The number of rotatable bonds is 14. The van der Waals surface area contributed by atoms with Crippen LogP contribution in [0.25, 0.3) is 0 Å². The summed E-state index contributed by atoms with van der Waals surface area (Å²) in [7, 11) is -3.58. The molecule has 0 aliphatic heterocycles. The lowest BCUT2D eigenvalue weighted by Gasteiger charge is -2.32. The quantitative estimate of drug-likeness (QED) is 0.227. The number of sulfonamides is 1. The largest absolute Gasteiger partial charge is 0.354 e. The van der Waals surface area contributed by atoms with E-state index in [1.807, 2.05) is 63.2 Å². The Morgan fingerprint density at radius 3 is 2.19 bits per heavy atom. The van der Waals surface area contributed by atoms with Gasteiger partial charge in [-0.05, 0) is 54.2 Å². The van der Waals surface area contributed by atoms with E-state index < -0.39 is 16.1 Å². The third-order valence-electron chi connectivity index (χ3n) is 6.83. The van der Waals surface area contributed by atoms with Gasteiger partial charge >= 0.3 is 0 Å². The molecule has 2 amide bonds. The van der Waals surface area contributed by atoms with Crippen molar-refractivity contribution in [2.24, 2.45) is 5.92 Å². The molecule has 0 aliphatic carbocycles. The summed E-state index contributed by atoms with van der Waals surface area (Å²) in [6, 6.07) is 21.1. The van der Waals surface area contributed by atoms with Crippen LogP contribution in [-0.2, 0) is 32.6 Å². The molecule has 0 radical (unpaired) electrons. The second-order valence-corrected chi connectivity index (χ2v) is 13.6. The molecule has 0 heterocycles. The third kappa shape index (κ3) is 9.75. The van der Waals surface area contributed by atoms with Gasteiger partial charge in [0, 0.05) is 32.5 Å². The van der Waals surface area contributed by atoms with Gasteiger partial charge in [0.1, 0.15) is 6.04 Å². The summed E-state index contributed by atoms with van der Waals surface area (Å²) < 4.78 is 26.7. The highest BCUT2D eigenvalue weighted by atomic mass is 35.5. The minimum Gasteiger partial charge on any atom is -0.354 e. The number of para-hydroxylation sites is 1. The topological polar surface area (TPSA) is 86.8 Å². The highest BCUT2D eigenvalue weighted by Gasteiger charge is 2.31. The zero-order chi connectivity index (χ0) is 30.9. The molecule has 0 aromatic heterocycles. The van der Waals surface area contributed by atoms with Crippen molar-refractivity contribution in [1.82, 2.24) is 10.2 Å². The highest BCUT2D eigenvalue weighted by molar-refractivity contribution is 7.92. The van der Waals surface area contributed by atoms with E-state index in [0.717, 1.165) is 22.9 Å². The number of anilines is 1. The first-order valence-electron chi connectivity index (χ1n) is 13.9. The van der Waals surface area contributed by atoms with Crippen LogP contribution in [-0.4, -0.2) is 50.5 Å². The van der Waals surface area contributed by atoms with Gasteiger partial charge in [-0.1, -0.05) is 91.6 Å². The second kappa shape index (κ2) is 15.4. The average molecular weight is 633 g/mol. The third-order valence-corrected chi connectivity index (χ3v) is 8.75. The predicted molar refractivity (Wildman–Crippen MR) is 171 cm³/mol. The van der Waals surface area contributed by atoms with Crippen LogP contribution in [0.5, 0.6) is 0 Å². The fourth-order valence-corrected chi connectivity index (χ4v) is 5.98. The number of nitrogens with one attached hydrogen (secondary N) is 1. The number of carbonyl (C=O) groups excluding carboxylic acids is 2. The van der Waals surface area contributed by atoms with Crippen molar-refractivity contribution in [1.29, 1.82) is 0 Å². The van der Waals surface area contributed by atoms with Gasteiger partial charge < -0.3 is 10.2 Å². The van der Waals surface area contributed by atoms with Crippen LogP contribution in [0.1, 0.15) is 43.4 Å². The molecule has 0 saturated carbocycles. The molecule has 0 spiro atoms. The molecular formula is C32H39Cl2N3O4S. The molecule has 0 saturated heterocycles. The summed E-state index contributed by atoms with van der Waals surface area (Å²) in [4.78, 5) is 29.1. The van der Waals surface area contributed by atoms with E-state index in [2.05, 4.69) is 5.32 Å². The SMILES string of the molecule is Cc1ccccc1N(CCCC(=O)N(Cc1ccc(Cl)c(Cl)c1)C(Cc1ccccc1)C(=O)NCC(C)C)S(C)(=O)=O. The van der Waals surface area contributed by atoms with Crippen molar-refractivity contribution < 1.29 is 18.0 Å². The molecule has 3 aromatic carbocycles. The first-order chi connectivity index (χ1) is 19.9. The standard InChI is InChI=1S/C32H39Cl2N3O4S/c1-23(2)21-35-32(39)30(20-25-12-6-5-7-13-25)36(22-26-16-17-27(33)28(34)19-26)31(38)15-10-18-37(42(4,40)41)29-14-9-8-11-24(29)3/h5-9,11-14,16-17,19,23,30H,10,15,18,20-22H2,1-4H3,(H,35,39). The minimum atomic E-state index is -3.58. The summed E-state index contributed by atoms with van der Waals surface area (Å²) in [5, 5.41) is 3.75. The number of aryl methyl sites for hydroxylation is 1. The molecule has 1 atom stereocenters. The van der Waals surface area contributed by atoms with Gasteiger partial charge in [0.05, 0.1) is 22.0 Å². The van der Waals surface area contributed by atoms with Gasteiger partial charge in [0.2, 0.25) is 21.8 Å². The number of carbonyl (C=O) groups is 2. The minimum absolute atomic E-state index is 0.0436. The molecule has 3 rings (SSSR count). The molecule has 7 nitrogen and oxygen atoms in total. The molecule has 0 bridgehead atoms. The lowest BCUT2D eigenvalue weighted by atomic mass is 10.0. The number of nitrogens with zero attached hydrogens (tertiary/aromatic N) is 2. The summed E-state index contributed by atoms with van der Waals surface area (Å²) in [6.45, 7) is 6.59. The lowest BCUT2D eigenvalue weighted by Crippen LogP contribution is -2.51. The molecule has 42 heavy (non-hydrogen) atoms. The zero-order valence-corrected chi connectivity index (χ0v) is 26.8. The van der Waals surface area contributed by atoms with Crippen LogP contribution >= 0.6 is 23.2 Å². The Bertz CT molecular complexity index is 1470. The van der Waals surface area contributed by atoms with Gasteiger partial charge in [-0.25, -0.2) is 8.42 Å².